The van der Waals surface area contributed by atoms with Crippen molar-refractivity contribution in [1.29, 1.82) is 0 Å². The molecule has 0 unspecified atom stereocenters. The highest BCUT2D eigenvalue weighted by Crippen LogP contribution is 2.30. The summed E-state index contributed by atoms with van der Waals surface area (Å²) in [6.45, 7) is 0.419. The second-order valence-corrected chi connectivity index (χ2v) is 6.46. The summed E-state index contributed by atoms with van der Waals surface area (Å²) in [5, 5.41) is 19.6. The Morgan fingerprint density at radius 2 is 2.17 bits per heavy atom. The van der Waals surface area contributed by atoms with E-state index in [-0.39, 0.29) is 25.0 Å². The van der Waals surface area contributed by atoms with Crippen LogP contribution >= 0.6 is 11.6 Å². The second kappa shape index (κ2) is 6.47. The molecule has 2 heterocycles. The number of rotatable bonds is 3. The highest BCUT2D eigenvalue weighted by atomic mass is 35.5. The number of hydrogen-bond acceptors (Lipinski definition) is 4. The summed E-state index contributed by atoms with van der Waals surface area (Å²) < 4.78 is 0. The van der Waals surface area contributed by atoms with E-state index in [2.05, 4.69) is 0 Å². The van der Waals surface area contributed by atoms with Gasteiger partial charge in [0, 0.05) is 23.8 Å². The van der Waals surface area contributed by atoms with Gasteiger partial charge in [-0.25, -0.2) is 0 Å². The van der Waals surface area contributed by atoms with Gasteiger partial charge >= 0.3 is 0 Å². The van der Waals surface area contributed by atoms with E-state index in [1.54, 1.807) is 29.2 Å². The summed E-state index contributed by atoms with van der Waals surface area (Å²) in [6.07, 6.45) is 0.132. The van der Waals surface area contributed by atoms with Gasteiger partial charge in [0.15, 0.2) is 0 Å². The van der Waals surface area contributed by atoms with Crippen LogP contribution in [0.1, 0.15) is 12.8 Å². The predicted octanol–water partition coefficient (Wildman–Crippen LogP) is 0.647. The largest absolute Gasteiger partial charge is 0.394 e. The van der Waals surface area contributed by atoms with E-state index in [1.807, 2.05) is 0 Å². The number of nitrogens with zero attached hydrogens (tertiary/aromatic N) is 2. The second-order valence-electron chi connectivity index (χ2n) is 6.03. The number of hydrogen-bond donors (Lipinski definition) is 2. The van der Waals surface area contributed by atoms with Gasteiger partial charge in [-0.2, -0.15) is 0 Å². The Morgan fingerprint density at radius 3 is 2.87 bits per heavy atom. The molecule has 0 bridgehead atoms. The van der Waals surface area contributed by atoms with E-state index in [0.717, 1.165) is 0 Å². The standard InChI is InChI=1S/C16H19ClN2O4/c17-10-2-1-3-11(6-10)18-5-4-14(15(18)22)16(23)19-8-13(21)7-12(19)9-20/h1-3,6,12-14,20-21H,4-5,7-9H2/t12-,13-,14+/m0/s1. The number of carbonyl (C=O) groups excluding carboxylic acids is 2. The van der Waals surface area contributed by atoms with Gasteiger partial charge in [-0.05, 0) is 31.0 Å². The maximum Gasteiger partial charge on any atom is 0.239 e. The van der Waals surface area contributed by atoms with Gasteiger partial charge < -0.3 is 20.0 Å². The summed E-state index contributed by atoms with van der Waals surface area (Å²) in [7, 11) is 0. The van der Waals surface area contributed by atoms with E-state index in [1.165, 1.54) is 4.90 Å². The average Bonchev–Trinajstić information content (AvgIpc) is 3.09. The lowest BCUT2D eigenvalue weighted by molar-refractivity contribution is -0.141. The van der Waals surface area contributed by atoms with Gasteiger partial charge in [-0.15, -0.1) is 0 Å². The highest BCUT2D eigenvalue weighted by molar-refractivity contribution is 6.31. The van der Waals surface area contributed by atoms with Gasteiger partial charge in [0.25, 0.3) is 0 Å². The summed E-state index contributed by atoms with van der Waals surface area (Å²) in [4.78, 5) is 28.3. The third kappa shape index (κ3) is 3.06. The van der Waals surface area contributed by atoms with Crippen LogP contribution < -0.4 is 4.90 Å². The Kier molecular flexibility index (Phi) is 4.57. The number of halogens is 1. The number of aliphatic hydroxyl groups is 2. The van der Waals surface area contributed by atoms with Gasteiger partial charge in [0.1, 0.15) is 5.92 Å². The van der Waals surface area contributed by atoms with Gasteiger partial charge in [-0.1, -0.05) is 17.7 Å². The number of benzene rings is 1. The van der Waals surface area contributed by atoms with Crippen LogP contribution in [-0.4, -0.2) is 58.8 Å². The predicted molar refractivity (Wildman–Crippen MR) is 85.1 cm³/mol. The van der Waals surface area contributed by atoms with E-state index in [4.69, 9.17) is 11.6 Å². The van der Waals surface area contributed by atoms with Crippen LogP contribution in [0.3, 0.4) is 0 Å². The minimum absolute atomic E-state index is 0.172. The smallest absolute Gasteiger partial charge is 0.239 e. The topological polar surface area (TPSA) is 81.1 Å². The molecule has 3 atom stereocenters. The molecule has 6 nitrogen and oxygen atoms in total. The van der Waals surface area contributed by atoms with E-state index in [9.17, 15) is 19.8 Å². The van der Waals surface area contributed by atoms with Crippen LogP contribution in [-0.2, 0) is 9.59 Å². The zero-order valence-corrected chi connectivity index (χ0v) is 13.3. The van der Waals surface area contributed by atoms with Crippen molar-refractivity contribution in [2.45, 2.75) is 25.0 Å². The molecule has 0 aromatic heterocycles. The van der Waals surface area contributed by atoms with Crippen LogP contribution in [0.25, 0.3) is 0 Å². The van der Waals surface area contributed by atoms with Crippen molar-refractivity contribution in [2.75, 3.05) is 24.6 Å². The minimum atomic E-state index is -0.756. The molecule has 3 rings (SSSR count). The van der Waals surface area contributed by atoms with Gasteiger partial charge in [0.2, 0.25) is 11.8 Å². The number of aliphatic hydroxyl groups excluding tert-OH is 2. The summed E-state index contributed by atoms with van der Waals surface area (Å²) in [5.74, 6) is -1.32. The Morgan fingerprint density at radius 1 is 1.39 bits per heavy atom. The number of likely N-dealkylation sites (tertiary alicyclic amines) is 1. The number of carbonyl (C=O) groups is 2. The van der Waals surface area contributed by atoms with E-state index >= 15 is 0 Å². The van der Waals surface area contributed by atoms with E-state index < -0.39 is 18.1 Å². The summed E-state index contributed by atoms with van der Waals surface area (Å²) in [5.41, 5.74) is 0.679. The zero-order chi connectivity index (χ0) is 16.6. The minimum Gasteiger partial charge on any atom is -0.394 e. The maximum atomic E-state index is 12.6. The molecule has 0 aliphatic carbocycles. The zero-order valence-electron chi connectivity index (χ0n) is 12.6. The lowest BCUT2D eigenvalue weighted by Gasteiger charge is -2.25. The van der Waals surface area contributed by atoms with Crippen molar-refractivity contribution in [3.63, 3.8) is 0 Å². The maximum absolute atomic E-state index is 12.6. The molecule has 2 aliphatic heterocycles. The molecule has 7 heteroatoms. The van der Waals surface area contributed by atoms with Crippen LogP contribution in [0.4, 0.5) is 5.69 Å². The molecule has 1 aromatic rings. The third-order valence-electron chi connectivity index (χ3n) is 4.51. The summed E-state index contributed by atoms with van der Waals surface area (Å²) >= 11 is 5.96. The molecule has 2 fully saturated rings. The Labute approximate surface area is 139 Å². The Balaban J connectivity index is 1.75. The lowest BCUT2D eigenvalue weighted by Crippen LogP contribution is -2.44. The molecule has 23 heavy (non-hydrogen) atoms. The first-order valence-corrected chi connectivity index (χ1v) is 8.05. The third-order valence-corrected chi connectivity index (χ3v) is 4.74. The number of amides is 2. The first kappa shape index (κ1) is 16.2. The molecule has 2 saturated heterocycles. The fraction of sp³-hybridized carbons (Fsp3) is 0.500. The average molecular weight is 339 g/mol. The first-order valence-electron chi connectivity index (χ1n) is 7.67. The molecule has 124 valence electrons. The van der Waals surface area contributed by atoms with Crippen LogP contribution in [0.15, 0.2) is 24.3 Å². The number of β-amino-alcohol motifs (C(OH)–C–C–N with tert-alkyl or cyclic N) is 1. The molecular formula is C16H19ClN2O4. The summed E-state index contributed by atoms with van der Waals surface area (Å²) in [6, 6.07) is 6.56. The van der Waals surface area contributed by atoms with Crippen LogP contribution in [0.2, 0.25) is 5.02 Å². The molecular weight excluding hydrogens is 320 g/mol. The van der Waals surface area contributed by atoms with Crippen molar-refractivity contribution >= 4 is 29.1 Å². The number of anilines is 1. The van der Waals surface area contributed by atoms with Gasteiger partial charge in [-0.3, -0.25) is 9.59 Å². The fourth-order valence-electron chi connectivity index (χ4n) is 3.34. The fourth-order valence-corrected chi connectivity index (χ4v) is 3.53. The molecule has 2 N–H and O–H groups in total. The lowest BCUT2D eigenvalue weighted by atomic mass is 10.1. The molecule has 2 aliphatic rings. The van der Waals surface area contributed by atoms with Crippen molar-refractivity contribution in [1.82, 2.24) is 4.90 Å². The molecule has 2 amide bonds. The van der Waals surface area contributed by atoms with Crippen molar-refractivity contribution in [2.24, 2.45) is 5.92 Å². The monoisotopic (exact) mass is 338 g/mol. The SMILES string of the molecule is O=C1[C@H](C(=O)N2C[C@@H](O)C[C@H]2CO)CCN1c1cccc(Cl)c1. The quantitative estimate of drug-likeness (QED) is 0.793. The van der Waals surface area contributed by atoms with Gasteiger partial charge in [0.05, 0.1) is 18.8 Å². The first-order chi connectivity index (χ1) is 11.0. The molecule has 1 aromatic carbocycles. The molecule has 0 saturated carbocycles. The van der Waals surface area contributed by atoms with Crippen molar-refractivity contribution < 1.29 is 19.8 Å². The van der Waals surface area contributed by atoms with Crippen LogP contribution in [0.5, 0.6) is 0 Å². The Hall–Kier alpha value is -1.63. The molecule has 0 radical (unpaired) electrons. The van der Waals surface area contributed by atoms with Crippen LogP contribution in [0, 0.1) is 5.92 Å². The van der Waals surface area contributed by atoms with Crippen molar-refractivity contribution in [3.05, 3.63) is 29.3 Å². The Bertz CT molecular complexity index is 624. The normalized spacial score (nSPS) is 27.8. The highest BCUT2D eigenvalue weighted by Gasteiger charge is 2.43. The van der Waals surface area contributed by atoms with E-state index in [0.29, 0.717) is 30.1 Å². The van der Waals surface area contributed by atoms with Crippen molar-refractivity contribution in [3.8, 4) is 0 Å². The molecule has 0 spiro atoms.